The lowest BCUT2D eigenvalue weighted by Crippen LogP contribution is -2.35. The molecule has 2 heterocycles. The van der Waals surface area contributed by atoms with Gasteiger partial charge in [0.2, 0.25) is 5.91 Å². The van der Waals surface area contributed by atoms with Gasteiger partial charge in [0.1, 0.15) is 0 Å². The van der Waals surface area contributed by atoms with E-state index in [9.17, 15) is 4.79 Å². The molecule has 5 nitrogen and oxygen atoms in total. The summed E-state index contributed by atoms with van der Waals surface area (Å²) in [7, 11) is 2.08. The number of carbonyl (C=O) groups is 1. The summed E-state index contributed by atoms with van der Waals surface area (Å²) in [6.45, 7) is 2.58. The monoisotopic (exact) mass is 330 g/mol. The van der Waals surface area contributed by atoms with Gasteiger partial charge in [0.25, 0.3) is 0 Å². The summed E-state index contributed by atoms with van der Waals surface area (Å²) in [4.78, 5) is 18.7. The van der Waals surface area contributed by atoms with Crippen molar-refractivity contribution in [3.05, 3.63) is 46.4 Å². The molecule has 1 amide bonds. The molecule has 1 unspecified atom stereocenters. The number of aromatic nitrogens is 1. The second-order valence-corrected chi connectivity index (χ2v) is 6.71. The van der Waals surface area contributed by atoms with Crippen LogP contribution in [0.1, 0.15) is 24.1 Å². The van der Waals surface area contributed by atoms with Crippen LogP contribution in [0.3, 0.4) is 0 Å². The predicted molar refractivity (Wildman–Crippen MR) is 93.4 cm³/mol. The zero-order valence-corrected chi connectivity index (χ0v) is 14.1. The van der Waals surface area contributed by atoms with E-state index in [4.69, 9.17) is 0 Å². The van der Waals surface area contributed by atoms with Gasteiger partial charge in [-0.3, -0.25) is 9.69 Å². The molecule has 0 aliphatic carbocycles. The summed E-state index contributed by atoms with van der Waals surface area (Å²) in [5, 5.41) is 8.31. The first-order valence-electron chi connectivity index (χ1n) is 7.89. The number of carbonyl (C=O) groups excluding carboxylic acids is 1. The number of anilines is 1. The molecule has 23 heavy (non-hydrogen) atoms. The Labute approximate surface area is 140 Å². The maximum atomic E-state index is 12.2. The van der Waals surface area contributed by atoms with Crippen LogP contribution < -0.4 is 10.6 Å². The zero-order valence-electron chi connectivity index (χ0n) is 13.3. The third-order valence-corrected chi connectivity index (χ3v) is 4.57. The largest absolute Gasteiger partial charge is 0.325 e. The predicted octanol–water partition coefficient (Wildman–Crippen LogP) is 2.47. The van der Waals surface area contributed by atoms with Gasteiger partial charge in [0.15, 0.2) is 0 Å². The number of thiazole rings is 1. The van der Waals surface area contributed by atoms with Crippen LogP contribution in [0.4, 0.5) is 5.69 Å². The first-order chi connectivity index (χ1) is 11.2. The molecule has 2 aromatic rings. The smallest absolute Gasteiger partial charge is 0.241 e. The van der Waals surface area contributed by atoms with Crippen molar-refractivity contribution in [2.24, 2.45) is 0 Å². The molecule has 1 atom stereocenters. The summed E-state index contributed by atoms with van der Waals surface area (Å²) in [6.07, 6.45) is 1.99. The quantitative estimate of drug-likeness (QED) is 0.854. The second-order valence-electron chi connectivity index (χ2n) is 5.99. The molecule has 2 N–H and O–H groups in total. The van der Waals surface area contributed by atoms with Crippen LogP contribution in [-0.2, 0) is 17.9 Å². The maximum absolute atomic E-state index is 12.2. The Balaban J connectivity index is 1.57. The third kappa shape index (κ3) is 4.60. The van der Waals surface area contributed by atoms with Crippen molar-refractivity contribution in [1.29, 1.82) is 0 Å². The molecule has 1 aromatic heterocycles. The van der Waals surface area contributed by atoms with Crippen LogP contribution in [0.25, 0.3) is 0 Å². The van der Waals surface area contributed by atoms with Crippen molar-refractivity contribution < 1.29 is 4.79 Å². The molecule has 122 valence electrons. The number of hydrogen-bond donors (Lipinski definition) is 2. The fraction of sp³-hybridized carbons (Fsp3) is 0.412. The lowest BCUT2D eigenvalue weighted by molar-refractivity contribution is -0.117. The lowest BCUT2D eigenvalue weighted by Gasteiger charge is -2.16. The number of benzene rings is 1. The van der Waals surface area contributed by atoms with Gasteiger partial charge >= 0.3 is 0 Å². The SMILES string of the molecule is CN(Cc1cccc(NC(=O)C2CCCN2)c1)Cc1cscn1. The van der Waals surface area contributed by atoms with Gasteiger partial charge in [0.05, 0.1) is 17.2 Å². The third-order valence-electron chi connectivity index (χ3n) is 3.94. The van der Waals surface area contributed by atoms with Gasteiger partial charge in [-0.25, -0.2) is 4.98 Å². The molecule has 1 aromatic carbocycles. The molecule has 1 fully saturated rings. The molecule has 1 aliphatic heterocycles. The molecule has 3 rings (SSSR count). The van der Waals surface area contributed by atoms with Crippen molar-refractivity contribution >= 4 is 22.9 Å². The Hall–Kier alpha value is -1.76. The lowest BCUT2D eigenvalue weighted by atomic mass is 10.1. The first kappa shape index (κ1) is 16.1. The normalized spacial score (nSPS) is 17.6. The van der Waals surface area contributed by atoms with Gasteiger partial charge in [0, 0.05) is 24.2 Å². The van der Waals surface area contributed by atoms with Crippen LogP contribution in [0.5, 0.6) is 0 Å². The van der Waals surface area contributed by atoms with Crippen LogP contribution in [0.2, 0.25) is 0 Å². The maximum Gasteiger partial charge on any atom is 0.241 e. The van der Waals surface area contributed by atoms with Crippen LogP contribution in [-0.4, -0.2) is 35.4 Å². The highest BCUT2D eigenvalue weighted by atomic mass is 32.1. The molecule has 0 saturated carbocycles. The molecular formula is C17H22N4OS. The topological polar surface area (TPSA) is 57.3 Å². The van der Waals surface area contributed by atoms with Crippen molar-refractivity contribution in [3.63, 3.8) is 0 Å². The summed E-state index contributed by atoms with van der Waals surface area (Å²) in [5.41, 5.74) is 4.99. The number of rotatable bonds is 6. The average molecular weight is 330 g/mol. The van der Waals surface area contributed by atoms with Crippen molar-refractivity contribution in [2.45, 2.75) is 32.0 Å². The molecule has 1 aliphatic rings. The summed E-state index contributed by atoms with van der Waals surface area (Å²) >= 11 is 1.62. The Kier molecular flexibility index (Phi) is 5.38. The van der Waals surface area contributed by atoms with Crippen LogP contribution >= 0.6 is 11.3 Å². The van der Waals surface area contributed by atoms with E-state index in [0.717, 1.165) is 43.9 Å². The highest BCUT2D eigenvalue weighted by molar-refractivity contribution is 7.07. The first-order valence-corrected chi connectivity index (χ1v) is 8.84. The average Bonchev–Trinajstić information content (AvgIpc) is 3.20. The van der Waals surface area contributed by atoms with Gasteiger partial charge < -0.3 is 10.6 Å². The summed E-state index contributed by atoms with van der Waals surface area (Å²) < 4.78 is 0. The van der Waals surface area contributed by atoms with Crippen molar-refractivity contribution in [2.75, 3.05) is 18.9 Å². The number of hydrogen-bond acceptors (Lipinski definition) is 5. The Morgan fingerprint density at radius 3 is 3.13 bits per heavy atom. The van der Waals surface area contributed by atoms with E-state index >= 15 is 0 Å². The molecular weight excluding hydrogens is 308 g/mol. The molecule has 0 radical (unpaired) electrons. The van der Waals surface area contributed by atoms with Crippen molar-refractivity contribution in [3.8, 4) is 0 Å². The van der Waals surface area contributed by atoms with E-state index in [-0.39, 0.29) is 11.9 Å². The van der Waals surface area contributed by atoms with E-state index in [1.165, 1.54) is 5.56 Å². The minimum absolute atomic E-state index is 0.0500. The highest BCUT2D eigenvalue weighted by Crippen LogP contribution is 2.15. The minimum atomic E-state index is -0.0500. The molecule has 0 bridgehead atoms. The van der Waals surface area contributed by atoms with Crippen LogP contribution in [0.15, 0.2) is 35.2 Å². The second kappa shape index (κ2) is 7.68. The van der Waals surface area contributed by atoms with Gasteiger partial charge in [-0.2, -0.15) is 0 Å². The van der Waals surface area contributed by atoms with E-state index < -0.39 is 0 Å². The summed E-state index contributed by atoms with van der Waals surface area (Å²) in [6, 6.07) is 8.01. The van der Waals surface area contributed by atoms with Gasteiger partial charge in [-0.05, 0) is 44.1 Å². The number of amides is 1. The van der Waals surface area contributed by atoms with E-state index in [1.54, 1.807) is 11.3 Å². The van der Waals surface area contributed by atoms with Crippen molar-refractivity contribution in [1.82, 2.24) is 15.2 Å². The zero-order chi connectivity index (χ0) is 16.1. The molecule has 0 spiro atoms. The number of nitrogens with zero attached hydrogens (tertiary/aromatic N) is 2. The van der Waals surface area contributed by atoms with Gasteiger partial charge in [-0.1, -0.05) is 12.1 Å². The minimum Gasteiger partial charge on any atom is -0.325 e. The van der Waals surface area contributed by atoms with Gasteiger partial charge in [-0.15, -0.1) is 11.3 Å². The highest BCUT2D eigenvalue weighted by Gasteiger charge is 2.21. The summed E-state index contributed by atoms with van der Waals surface area (Å²) in [5.74, 6) is 0.0653. The van der Waals surface area contributed by atoms with Crippen LogP contribution in [0, 0.1) is 0 Å². The van der Waals surface area contributed by atoms with E-state index in [0.29, 0.717) is 0 Å². The Bertz CT molecular complexity index is 638. The number of nitrogens with one attached hydrogen (secondary N) is 2. The van der Waals surface area contributed by atoms with E-state index in [2.05, 4.69) is 39.0 Å². The molecule has 6 heteroatoms. The van der Waals surface area contributed by atoms with E-state index in [1.807, 2.05) is 23.7 Å². The Morgan fingerprint density at radius 2 is 2.39 bits per heavy atom. The fourth-order valence-corrected chi connectivity index (χ4v) is 3.39. The standard InChI is InChI=1S/C17H22N4OS/c1-21(10-15-11-23-12-19-15)9-13-4-2-5-14(8-13)20-17(22)16-6-3-7-18-16/h2,4-5,8,11-12,16,18H,3,6-7,9-10H2,1H3,(H,20,22). The molecule has 1 saturated heterocycles. The fourth-order valence-electron chi connectivity index (χ4n) is 2.84. The Morgan fingerprint density at radius 1 is 1.48 bits per heavy atom.